The zero-order valence-electron chi connectivity index (χ0n) is 17.6. The Balaban J connectivity index is 1.27. The summed E-state index contributed by atoms with van der Waals surface area (Å²) in [5.41, 5.74) is 2.22. The van der Waals surface area contributed by atoms with E-state index in [0.717, 1.165) is 15.4 Å². The van der Waals surface area contributed by atoms with Gasteiger partial charge in [0.05, 0.1) is 23.4 Å². The molecule has 0 saturated carbocycles. The highest BCUT2D eigenvalue weighted by atomic mass is 32.1. The van der Waals surface area contributed by atoms with Gasteiger partial charge in [0, 0.05) is 22.2 Å². The first-order valence-corrected chi connectivity index (χ1v) is 11.1. The lowest BCUT2D eigenvalue weighted by Crippen LogP contribution is -2.22. The number of carboxylic acid groups (broad SMARTS) is 1. The van der Waals surface area contributed by atoms with Crippen LogP contribution in [0.4, 0.5) is 5.69 Å². The summed E-state index contributed by atoms with van der Waals surface area (Å²) in [4.78, 5) is 41.4. The number of ether oxygens (including phenoxy) is 1. The van der Waals surface area contributed by atoms with Crippen LogP contribution in [0.1, 0.15) is 36.0 Å². The number of thiazole rings is 1. The molecule has 0 spiro atoms. The van der Waals surface area contributed by atoms with Crippen LogP contribution in [0.25, 0.3) is 10.6 Å². The fraction of sp³-hybridized carbons (Fsp3) is 0.0400. The minimum atomic E-state index is -0.984. The molecule has 9 heteroatoms. The molecule has 0 aliphatic carbocycles. The Kier molecular flexibility index (Phi) is 5.52. The van der Waals surface area contributed by atoms with Crippen molar-refractivity contribution < 1.29 is 24.2 Å². The molecule has 3 N–H and O–H groups in total. The molecule has 2 amide bonds. The first kappa shape index (κ1) is 21.4. The molecule has 1 aromatic heterocycles. The maximum absolute atomic E-state index is 12.7. The number of rotatable bonds is 5. The minimum Gasteiger partial charge on any atom is -0.478 e. The van der Waals surface area contributed by atoms with E-state index in [2.05, 4.69) is 15.6 Å². The van der Waals surface area contributed by atoms with Gasteiger partial charge in [0.2, 0.25) is 0 Å². The number of benzene rings is 3. The topological polar surface area (TPSA) is 118 Å². The first-order chi connectivity index (χ1) is 16.5. The number of carboxylic acids is 1. The molecular formula is C25H17N3O5S. The summed E-state index contributed by atoms with van der Waals surface area (Å²) >= 11 is 1.41. The maximum Gasteiger partial charge on any atom is 0.335 e. The number of fused-ring (bicyclic) bond motifs is 2. The van der Waals surface area contributed by atoms with Gasteiger partial charge in [-0.2, -0.15) is 0 Å². The maximum atomic E-state index is 12.7. The molecular weight excluding hydrogens is 454 g/mol. The zero-order chi connectivity index (χ0) is 23.7. The van der Waals surface area contributed by atoms with Crippen LogP contribution in [-0.4, -0.2) is 27.9 Å². The molecule has 0 bridgehead atoms. The van der Waals surface area contributed by atoms with E-state index in [-0.39, 0.29) is 23.9 Å². The molecule has 4 aromatic rings. The van der Waals surface area contributed by atoms with E-state index < -0.39 is 5.97 Å². The van der Waals surface area contributed by atoms with Crippen LogP contribution >= 0.6 is 11.3 Å². The van der Waals surface area contributed by atoms with Crippen molar-refractivity contribution in [3.63, 3.8) is 0 Å². The summed E-state index contributed by atoms with van der Waals surface area (Å²) in [5.74, 6) is -0.687. The van der Waals surface area contributed by atoms with E-state index in [9.17, 15) is 14.4 Å². The van der Waals surface area contributed by atoms with Crippen molar-refractivity contribution in [3.8, 4) is 22.1 Å². The van der Waals surface area contributed by atoms with E-state index in [1.165, 1.54) is 23.5 Å². The average molecular weight is 471 g/mol. The summed E-state index contributed by atoms with van der Waals surface area (Å²) in [6, 6.07) is 18.3. The first-order valence-electron chi connectivity index (χ1n) is 10.3. The molecule has 0 atom stereocenters. The van der Waals surface area contributed by atoms with Gasteiger partial charge in [-0.1, -0.05) is 24.3 Å². The third-order valence-corrected chi connectivity index (χ3v) is 6.24. The van der Waals surface area contributed by atoms with Gasteiger partial charge in [0.15, 0.2) is 5.75 Å². The van der Waals surface area contributed by atoms with Crippen molar-refractivity contribution in [2.75, 3.05) is 5.32 Å². The van der Waals surface area contributed by atoms with Gasteiger partial charge in [0.25, 0.3) is 11.8 Å². The zero-order valence-corrected chi connectivity index (χ0v) is 18.4. The summed E-state index contributed by atoms with van der Waals surface area (Å²) in [7, 11) is 0. The van der Waals surface area contributed by atoms with Gasteiger partial charge in [-0.3, -0.25) is 9.59 Å². The molecule has 0 unspecified atom stereocenters. The van der Waals surface area contributed by atoms with Crippen LogP contribution in [0, 0.1) is 0 Å². The fourth-order valence-electron chi connectivity index (χ4n) is 3.46. The van der Waals surface area contributed by atoms with Crippen molar-refractivity contribution >= 4 is 34.8 Å². The van der Waals surface area contributed by atoms with Crippen molar-refractivity contribution in [1.29, 1.82) is 0 Å². The lowest BCUT2D eigenvalue weighted by Gasteiger charge is -2.10. The molecule has 1 aliphatic rings. The molecule has 5 rings (SSSR count). The Morgan fingerprint density at radius 3 is 2.56 bits per heavy atom. The van der Waals surface area contributed by atoms with E-state index in [4.69, 9.17) is 9.84 Å². The number of para-hydroxylation sites is 1. The molecule has 34 heavy (non-hydrogen) atoms. The number of carbonyl (C=O) groups excluding carboxylic acids is 2. The summed E-state index contributed by atoms with van der Waals surface area (Å²) in [5, 5.41) is 15.4. The van der Waals surface area contributed by atoms with Gasteiger partial charge in [-0.05, 0) is 42.5 Å². The van der Waals surface area contributed by atoms with Crippen LogP contribution in [0.5, 0.6) is 11.5 Å². The van der Waals surface area contributed by atoms with Gasteiger partial charge in [-0.15, -0.1) is 11.3 Å². The molecule has 3 aromatic carbocycles. The number of carbonyl (C=O) groups is 3. The minimum absolute atomic E-state index is 0.207. The second-order valence-corrected chi connectivity index (χ2v) is 8.58. The number of nitrogens with one attached hydrogen (secondary N) is 2. The number of hydrogen-bond acceptors (Lipinski definition) is 6. The number of amides is 2. The van der Waals surface area contributed by atoms with E-state index >= 15 is 0 Å². The molecule has 0 saturated heterocycles. The van der Waals surface area contributed by atoms with E-state index in [1.807, 2.05) is 0 Å². The smallest absolute Gasteiger partial charge is 0.335 e. The van der Waals surface area contributed by atoms with Gasteiger partial charge < -0.3 is 20.5 Å². The Morgan fingerprint density at radius 2 is 1.76 bits per heavy atom. The second kappa shape index (κ2) is 8.80. The molecule has 1 aliphatic heterocycles. The second-order valence-electron chi connectivity index (χ2n) is 7.46. The standard InChI is InChI=1S/C25H17N3O5S/c29-22(26-12-17-13-27-24(34-17)14-5-7-15(8-6-14)25(31)32)16-9-10-21-19(11-16)28-23(30)18-3-1-2-4-20(18)33-21/h1-11,13H,12H2,(H,26,29)(H,28,30)(H,31,32). The Bertz CT molecular complexity index is 1430. The predicted molar refractivity (Wildman–Crippen MR) is 127 cm³/mol. The van der Waals surface area contributed by atoms with Crippen molar-refractivity contribution in [1.82, 2.24) is 10.3 Å². The van der Waals surface area contributed by atoms with Crippen molar-refractivity contribution in [3.05, 3.63) is 94.5 Å². The molecule has 0 radical (unpaired) electrons. The number of anilines is 1. The Hall–Kier alpha value is -4.50. The third-order valence-electron chi connectivity index (χ3n) is 5.20. The summed E-state index contributed by atoms with van der Waals surface area (Å²) in [6.07, 6.45) is 1.67. The van der Waals surface area contributed by atoms with Crippen molar-refractivity contribution in [2.24, 2.45) is 0 Å². The highest BCUT2D eigenvalue weighted by molar-refractivity contribution is 7.15. The third kappa shape index (κ3) is 4.24. The number of aromatic carboxylic acids is 1. The lowest BCUT2D eigenvalue weighted by molar-refractivity contribution is 0.0696. The van der Waals surface area contributed by atoms with Crippen molar-refractivity contribution in [2.45, 2.75) is 6.54 Å². The van der Waals surface area contributed by atoms with Crippen LogP contribution in [0.2, 0.25) is 0 Å². The van der Waals surface area contributed by atoms with Gasteiger partial charge >= 0.3 is 5.97 Å². The number of hydrogen-bond donors (Lipinski definition) is 3. The lowest BCUT2D eigenvalue weighted by atomic mass is 10.1. The van der Waals surface area contributed by atoms with Crippen LogP contribution in [0.15, 0.2) is 72.9 Å². The van der Waals surface area contributed by atoms with Crippen LogP contribution < -0.4 is 15.4 Å². The molecule has 2 heterocycles. The molecule has 0 fully saturated rings. The Morgan fingerprint density at radius 1 is 1.00 bits per heavy atom. The van der Waals surface area contributed by atoms with Gasteiger partial charge in [0.1, 0.15) is 10.8 Å². The van der Waals surface area contributed by atoms with Crippen LogP contribution in [-0.2, 0) is 6.54 Å². The van der Waals surface area contributed by atoms with E-state index in [0.29, 0.717) is 28.3 Å². The number of aromatic nitrogens is 1. The number of nitrogens with zero attached hydrogens (tertiary/aromatic N) is 1. The predicted octanol–water partition coefficient (Wildman–Crippen LogP) is 4.80. The SMILES string of the molecule is O=C(O)c1ccc(-c2ncc(CNC(=O)c3ccc4c(c3)NC(=O)c3ccccc3O4)s2)cc1. The van der Waals surface area contributed by atoms with E-state index in [1.54, 1.807) is 60.8 Å². The summed E-state index contributed by atoms with van der Waals surface area (Å²) in [6.45, 7) is 0.273. The average Bonchev–Trinajstić information content (AvgIpc) is 3.27. The highest BCUT2D eigenvalue weighted by Gasteiger charge is 2.21. The fourth-order valence-corrected chi connectivity index (χ4v) is 4.31. The molecule has 8 nitrogen and oxygen atoms in total. The normalized spacial score (nSPS) is 11.9. The monoisotopic (exact) mass is 471 g/mol. The summed E-state index contributed by atoms with van der Waals surface area (Å²) < 4.78 is 5.85. The Labute approximate surface area is 197 Å². The van der Waals surface area contributed by atoms with Crippen LogP contribution in [0.3, 0.4) is 0 Å². The molecule has 168 valence electrons. The van der Waals surface area contributed by atoms with Gasteiger partial charge in [-0.25, -0.2) is 9.78 Å². The quantitative estimate of drug-likeness (QED) is 0.385. The highest BCUT2D eigenvalue weighted by Crippen LogP contribution is 2.36. The largest absolute Gasteiger partial charge is 0.478 e.